The highest BCUT2D eigenvalue weighted by Crippen LogP contribution is 2.30. The fourth-order valence-corrected chi connectivity index (χ4v) is 2.08. The lowest BCUT2D eigenvalue weighted by Crippen LogP contribution is -2.06. The topological polar surface area (TPSA) is 67.9 Å². The number of carbonyl (C=O) groups excluding carboxylic acids is 1. The molecule has 0 radical (unpaired) electrons. The molecule has 2 rings (SSSR count). The Balaban J connectivity index is 2.58. The van der Waals surface area contributed by atoms with Crippen molar-refractivity contribution in [2.45, 2.75) is 26.7 Å². The summed E-state index contributed by atoms with van der Waals surface area (Å²) in [6, 6.07) is 3.83. The number of nitrogens with one attached hydrogen (secondary N) is 1. The number of methoxy groups -OCH3 is 1. The quantitative estimate of drug-likeness (QED) is 0.860. The van der Waals surface area contributed by atoms with Gasteiger partial charge in [0.05, 0.1) is 12.8 Å². The standard InChI is InChI=1S/C14H17N3O2/c1-8(2)11-12(10-5-6-15-9(3)7-10)16-17-13(11)14(18)19-4/h5-8H,1-4H3,(H,16,17). The Hall–Kier alpha value is -2.17. The molecule has 0 fully saturated rings. The first-order valence-electron chi connectivity index (χ1n) is 6.14. The Morgan fingerprint density at radius 1 is 1.42 bits per heavy atom. The molecule has 1 N–H and O–H groups in total. The molecular formula is C14H17N3O2. The Morgan fingerprint density at radius 3 is 2.74 bits per heavy atom. The third-order valence-corrected chi connectivity index (χ3v) is 2.94. The van der Waals surface area contributed by atoms with Crippen LogP contribution in [0.5, 0.6) is 0 Å². The minimum Gasteiger partial charge on any atom is -0.464 e. The lowest BCUT2D eigenvalue weighted by molar-refractivity contribution is 0.0592. The van der Waals surface area contributed by atoms with Gasteiger partial charge in [0, 0.05) is 23.0 Å². The van der Waals surface area contributed by atoms with Gasteiger partial charge in [-0.3, -0.25) is 10.1 Å². The number of nitrogens with zero attached hydrogens (tertiary/aromatic N) is 2. The molecule has 0 aliphatic carbocycles. The van der Waals surface area contributed by atoms with E-state index in [1.165, 1.54) is 7.11 Å². The number of H-pyrrole nitrogens is 1. The molecule has 5 heteroatoms. The fourth-order valence-electron chi connectivity index (χ4n) is 2.08. The third kappa shape index (κ3) is 2.50. The van der Waals surface area contributed by atoms with Gasteiger partial charge in [-0.25, -0.2) is 4.79 Å². The van der Waals surface area contributed by atoms with Crippen molar-refractivity contribution in [2.75, 3.05) is 7.11 Å². The number of pyridine rings is 1. The molecule has 2 aromatic heterocycles. The van der Waals surface area contributed by atoms with E-state index in [9.17, 15) is 4.79 Å². The second-order valence-electron chi connectivity index (χ2n) is 4.69. The number of hydrogen-bond acceptors (Lipinski definition) is 4. The van der Waals surface area contributed by atoms with Crippen molar-refractivity contribution in [2.24, 2.45) is 0 Å². The molecule has 0 unspecified atom stereocenters. The van der Waals surface area contributed by atoms with Crippen molar-refractivity contribution >= 4 is 5.97 Å². The summed E-state index contributed by atoms with van der Waals surface area (Å²) < 4.78 is 4.78. The molecule has 0 aromatic carbocycles. The molecule has 2 heterocycles. The summed E-state index contributed by atoms with van der Waals surface area (Å²) in [5.74, 6) is -0.232. The number of carbonyl (C=O) groups is 1. The van der Waals surface area contributed by atoms with E-state index in [1.807, 2.05) is 32.9 Å². The molecular weight excluding hydrogens is 242 g/mol. The highest BCUT2D eigenvalue weighted by molar-refractivity contribution is 5.91. The maximum Gasteiger partial charge on any atom is 0.356 e. The molecule has 0 atom stereocenters. The van der Waals surface area contributed by atoms with Gasteiger partial charge in [-0.2, -0.15) is 5.10 Å². The van der Waals surface area contributed by atoms with Gasteiger partial charge in [-0.05, 0) is 25.0 Å². The lowest BCUT2D eigenvalue weighted by atomic mass is 9.97. The number of aromatic nitrogens is 3. The Morgan fingerprint density at radius 2 is 2.16 bits per heavy atom. The third-order valence-electron chi connectivity index (χ3n) is 2.94. The minimum atomic E-state index is -0.395. The normalized spacial score (nSPS) is 10.8. The van der Waals surface area contributed by atoms with E-state index in [1.54, 1.807) is 6.20 Å². The van der Waals surface area contributed by atoms with Gasteiger partial charge in [-0.15, -0.1) is 0 Å². The number of aryl methyl sites for hydroxylation is 1. The molecule has 0 bridgehead atoms. The highest BCUT2D eigenvalue weighted by atomic mass is 16.5. The summed E-state index contributed by atoms with van der Waals surface area (Å²) in [5.41, 5.74) is 3.93. The second kappa shape index (κ2) is 5.22. The number of ether oxygens (including phenoxy) is 1. The van der Waals surface area contributed by atoms with E-state index in [2.05, 4.69) is 15.2 Å². The molecule has 0 aliphatic heterocycles. The first kappa shape index (κ1) is 13.3. The first-order valence-corrected chi connectivity index (χ1v) is 6.14. The molecule has 0 amide bonds. The SMILES string of the molecule is COC(=O)c1[nH]nc(-c2ccnc(C)c2)c1C(C)C. The number of esters is 1. The smallest absolute Gasteiger partial charge is 0.356 e. The van der Waals surface area contributed by atoms with Crippen LogP contribution in [0.25, 0.3) is 11.3 Å². The van der Waals surface area contributed by atoms with Gasteiger partial charge in [0.2, 0.25) is 0 Å². The summed E-state index contributed by atoms with van der Waals surface area (Å²) >= 11 is 0. The van der Waals surface area contributed by atoms with Gasteiger partial charge < -0.3 is 4.74 Å². The summed E-state index contributed by atoms with van der Waals surface area (Å²) in [4.78, 5) is 15.9. The number of aromatic amines is 1. The highest BCUT2D eigenvalue weighted by Gasteiger charge is 2.22. The predicted octanol–water partition coefficient (Wildman–Crippen LogP) is 2.69. The molecule has 19 heavy (non-hydrogen) atoms. The van der Waals surface area contributed by atoms with E-state index >= 15 is 0 Å². The van der Waals surface area contributed by atoms with Crippen LogP contribution in [0.4, 0.5) is 0 Å². The van der Waals surface area contributed by atoms with Crippen LogP contribution < -0.4 is 0 Å². The van der Waals surface area contributed by atoms with E-state index in [-0.39, 0.29) is 5.92 Å². The van der Waals surface area contributed by atoms with Crippen LogP contribution in [0.3, 0.4) is 0 Å². The van der Waals surface area contributed by atoms with E-state index in [4.69, 9.17) is 4.74 Å². The van der Waals surface area contributed by atoms with Crippen molar-refractivity contribution in [3.05, 3.63) is 35.3 Å². The van der Waals surface area contributed by atoms with Crippen LogP contribution in [0.2, 0.25) is 0 Å². The summed E-state index contributed by atoms with van der Waals surface area (Å²) in [6.45, 7) is 5.97. The Kier molecular flexibility index (Phi) is 3.64. The Labute approximate surface area is 112 Å². The molecule has 100 valence electrons. The average Bonchev–Trinajstić information content (AvgIpc) is 2.82. The fraction of sp³-hybridized carbons (Fsp3) is 0.357. The van der Waals surface area contributed by atoms with E-state index in [0.717, 1.165) is 22.5 Å². The van der Waals surface area contributed by atoms with Gasteiger partial charge in [0.25, 0.3) is 0 Å². The molecule has 2 aromatic rings. The van der Waals surface area contributed by atoms with Crippen molar-refractivity contribution in [1.82, 2.24) is 15.2 Å². The molecule has 0 spiro atoms. The zero-order valence-corrected chi connectivity index (χ0v) is 11.5. The second-order valence-corrected chi connectivity index (χ2v) is 4.69. The van der Waals surface area contributed by atoms with Crippen molar-refractivity contribution < 1.29 is 9.53 Å². The summed E-state index contributed by atoms with van der Waals surface area (Å²) in [5, 5.41) is 7.04. The number of rotatable bonds is 3. The van der Waals surface area contributed by atoms with Crippen molar-refractivity contribution in [1.29, 1.82) is 0 Å². The maximum absolute atomic E-state index is 11.7. The zero-order chi connectivity index (χ0) is 14.0. The minimum absolute atomic E-state index is 0.163. The molecule has 0 aliphatic rings. The molecule has 5 nitrogen and oxygen atoms in total. The van der Waals surface area contributed by atoms with Gasteiger partial charge in [-0.1, -0.05) is 13.8 Å². The van der Waals surface area contributed by atoms with Crippen LogP contribution in [0.1, 0.15) is 41.5 Å². The van der Waals surface area contributed by atoms with E-state index < -0.39 is 5.97 Å². The van der Waals surface area contributed by atoms with Gasteiger partial charge >= 0.3 is 5.97 Å². The van der Waals surface area contributed by atoms with Crippen LogP contribution in [0, 0.1) is 6.92 Å². The van der Waals surface area contributed by atoms with E-state index in [0.29, 0.717) is 5.69 Å². The molecule has 0 saturated carbocycles. The van der Waals surface area contributed by atoms with Crippen LogP contribution in [-0.4, -0.2) is 28.3 Å². The van der Waals surface area contributed by atoms with Crippen LogP contribution >= 0.6 is 0 Å². The maximum atomic E-state index is 11.7. The summed E-state index contributed by atoms with van der Waals surface area (Å²) in [6.07, 6.45) is 1.74. The van der Waals surface area contributed by atoms with Crippen molar-refractivity contribution in [3.8, 4) is 11.3 Å². The largest absolute Gasteiger partial charge is 0.464 e. The Bertz CT molecular complexity index is 602. The van der Waals surface area contributed by atoms with Crippen LogP contribution in [0.15, 0.2) is 18.3 Å². The monoisotopic (exact) mass is 259 g/mol. The van der Waals surface area contributed by atoms with Crippen molar-refractivity contribution in [3.63, 3.8) is 0 Å². The molecule has 0 saturated heterocycles. The first-order chi connectivity index (χ1) is 9.04. The van der Waals surface area contributed by atoms with Gasteiger partial charge in [0.15, 0.2) is 0 Å². The average molecular weight is 259 g/mol. The summed E-state index contributed by atoms with van der Waals surface area (Å²) in [7, 11) is 1.36. The lowest BCUT2D eigenvalue weighted by Gasteiger charge is -2.08. The predicted molar refractivity (Wildman–Crippen MR) is 72.0 cm³/mol. The zero-order valence-electron chi connectivity index (χ0n) is 11.5. The number of hydrogen-bond donors (Lipinski definition) is 1. The van der Waals surface area contributed by atoms with Crippen LogP contribution in [-0.2, 0) is 4.74 Å². The van der Waals surface area contributed by atoms with Gasteiger partial charge in [0.1, 0.15) is 5.69 Å².